The van der Waals surface area contributed by atoms with E-state index in [0.29, 0.717) is 6.54 Å². The van der Waals surface area contributed by atoms with Gasteiger partial charge in [0.05, 0.1) is 20.8 Å². The summed E-state index contributed by atoms with van der Waals surface area (Å²) < 4.78 is 10.6. The average molecular weight is 281 g/mol. The Labute approximate surface area is 122 Å². The highest BCUT2D eigenvalue weighted by Gasteiger charge is 2.18. The molecule has 0 radical (unpaired) electrons. The number of rotatable bonds is 7. The highest BCUT2D eigenvalue weighted by molar-refractivity contribution is 5.40. The fraction of sp³-hybridized carbons (Fsp3) is 0.625. The van der Waals surface area contributed by atoms with Crippen LogP contribution in [0.4, 0.5) is 0 Å². The molecule has 1 unspecified atom stereocenters. The summed E-state index contributed by atoms with van der Waals surface area (Å²) in [5.41, 5.74) is 1.24. The number of hydrogen-bond donors (Lipinski definition) is 2. The Morgan fingerprint density at radius 3 is 2.40 bits per heavy atom. The Balaban J connectivity index is 2.68. The van der Waals surface area contributed by atoms with Gasteiger partial charge in [0, 0.05) is 24.2 Å². The molecule has 0 aromatic heterocycles. The minimum Gasteiger partial charge on any atom is -0.497 e. The minimum absolute atomic E-state index is 0.0850. The molecule has 0 heterocycles. The van der Waals surface area contributed by atoms with Gasteiger partial charge in [-0.3, -0.25) is 0 Å². The van der Waals surface area contributed by atoms with Crippen LogP contribution >= 0.6 is 0 Å². The van der Waals surface area contributed by atoms with Crippen molar-refractivity contribution < 1.29 is 14.6 Å². The van der Waals surface area contributed by atoms with Crippen LogP contribution in [0.15, 0.2) is 18.2 Å². The van der Waals surface area contributed by atoms with E-state index < -0.39 is 0 Å². The molecule has 4 heteroatoms. The molecule has 2 N–H and O–H groups in total. The molecule has 1 aromatic carbocycles. The van der Waals surface area contributed by atoms with E-state index in [2.05, 4.69) is 26.1 Å². The monoisotopic (exact) mass is 281 g/mol. The topological polar surface area (TPSA) is 50.7 Å². The van der Waals surface area contributed by atoms with Crippen molar-refractivity contribution in [2.24, 2.45) is 5.41 Å². The molecule has 0 aliphatic carbocycles. The van der Waals surface area contributed by atoms with Gasteiger partial charge in [0.25, 0.3) is 0 Å². The Bertz CT molecular complexity index is 413. The van der Waals surface area contributed by atoms with Gasteiger partial charge in [-0.15, -0.1) is 0 Å². The zero-order valence-electron chi connectivity index (χ0n) is 13.2. The van der Waals surface area contributed by atoms with Crippen molar-refractivity contribution >= 4 is 0 Å². The van der Waals surface area contributed by atoms with E-state index in [1.807, 2.05) is 18.2 Å². The molecule has 1 atom stereocenters. The highest BCUT2D eigenvalue weighted by atomic mass is 16.5. The van der Waals surface area contributed by atoms with Crippen molar-refractivity contribution in [2.75, 3.05) is 20.8 Å². The fourth-order valence-electron chi connectivity index (χ4n) is 2.19. The van der Waals surface area contributed by atoms with Crippen molar-refractivity contribution in [3.63, 3.8) is 0 Å². The largest absolute Gasteiger partial charge is 0.497 e. The maximum atomic E-state index is 9.46. The van der Waals surface area contributed by atoms with E-state index >= 15 is 0 Å². The first-order valence-electron chi connectivity index (χ1n) is 6.94. The van der Waals surface area contributed by atoms with Gasteiger partial charge in [0.2, 0.25) is 0 Å². The molecule has 1 rings (SSSR count). The first-order chi connectivity index (χ1) is 9.39. The van der Waals surface area contributed by atoms with E-state index in [-0.39, 0.29) is 18.1 Å². The van der Waals surface area contributed by atoms with Crippen molar-refractivity contribution in [1.82, 2.24) is 5.32 Å². The number of nitrogens with one attached hydrogen (secondary N) is 1. The van der Waals surface area contributed by atoms with Gasteiger partial charge >= 0.3 is 0 Å². The lowest BCUT2D eigenvalue weighted by Crippen LogP contribution is -2.35. The second kappa shape index (κ2) is 7.50. The van der Waals surface area contributed by atoms with Gasteiger partial charge in [-0.2, -0.15) is 0 Å². The van der Waals surface area contributed by atoms with Crippen LogP contribution in [0.1, 0.15) is 32.8 Å². The predicted molar refractivity (Wildman–Crippen MR) is 81.3 cm³/mol. The number of ether oxygens (including phenoxy) is 2. The molecule has 0 saturated heterocycles. The van der Waals surface area contributed by atoms with E-state index in [1.165, 1.54) is 0 Å². The molecule has 114 valence electrons. The maximum absolute atomic E-state index is 9.46. The zero-order chi connectivity index (χ0) is 15.2. The van der Waals surface area contributed by atoms with Crippen LogP contribution in [-0.2, 0) is 6.54 Å². The lowest BCUT2D eigenvalue weighted by atomic mass is 9.88. The van der Waals surface area contributed by atoms with Crippen LogP contribution in [0.3, 0.4) is 0 Å². The smallest absolute Gasteiger partial charge is 0.127 e. The Morgan fingerprint density at radius 2 is 1.90 bits per heavy atom. The van der Waals surface area contributed by atoms with E-state index in [4.69, 9.17) is 9.47 Å². The summed E-state index contributed by atoms with van der Waals surface area (Å²) in [5.74, 6) is 1.57. The molecule has 0 bridgehead atoms. The van der Waals surface area contributed by atoms with Gasteiger partial charge in [-0.1, -0.05) is 26.8 Å². The summed E-state index contributed by atoms with van der Waals surface area (Å²) in [6.45, 7) is 7.31. The minimum atomic E-state index is 0.0850. The average Bonchev–Trinajstić information content (AvgIpc) is 2.41. The fourth-order valence-corrected chi connectivity index (χ4v) is 2.19. The molecule has 0 saturated carbocycles. The molecule has 1 aromatic rings. The molecule has 0 fully saturated rings. The molecular weight excluding hydrogens is 254 g/mol. The summed E-state index contributed by atoms with van der Waals surface area (Å²) >= 11 is 0. The normalized spacial score (nSPS) is 13.1. The van der Waals surface area contributed by atoms with Crippen LogP contribution < -0.4 is 14.8 Å². The molecule has 0 aliphatic heterocycles. The summed E-state index contributed by atoms with van der Waals surface area (Å²) in [5, 5.41) is 12.8. The van der Waals surface area contributed by atoms with Crippen LogP contribution in [0.2, 0.25) is 0 Å². The van der Waals surface area contributed by atoms with Gasteiger partial charge in [0.15, 0.2) is 0 Å². The number of hydrogen-bond acceptors (Lipinski definition) is 4. The third-order valence-electron chi connectivity index (χ3n) is 3.15. The summed E-state index contributed by atoms with van der Waals surface area (Å²) in [7, 11) is 3.29. The summed E-state index contributed by atoms with van der Waals surface area (Å²) in [6, 6.07) is 5.85. The first kappa shape index (κ1) is 16.8. The second-order valence-corrected chi connectivity index (χ2v) is 6.20. The Hall–Kier alpha value is -1.26. The molecule has 20 heavy (non-hydrogen) atoms. The van der Waals surface area contributed by atoms with Crippen LogP contribution in [0.5, 0.6) is 11.5 Å². The molecule has 0 amide bonds. The lowest BCUT2D eigenvalue weighted by molar-refractivity contribution is 0.197. The Morgan fingerprint density at radius 1 is 1.20 bits per heavy atom. The summed E-state index contributed by atoms with van der Waals surface area (Å²) in [6.07, 6.45) is 0.919. The zero-order valence-corrected chi connectivity index (χ0v) is 13.2. The maximum Gasteiger partial charge on any atom is 0.127 e. The van der Waals surface area contributed by atoms with E-state index in [0.717, 1.165) is 23.5 Å². The Kier molecular flexibility index (Phi) is 6.30. The summed E-state index contributed by atoms with van der Waals surface area (Å²) in [4.78, 5) is 0. The first-order valence-corrected chi connectivity index (χ1v) is 6.94. The highest BCUT2D eigenvalue weighted by Crippen LogP contribution is 2.25. The van der Waals surface area contributed by atoms with Crippen molar-refractivity contribution in [3.8, 4) is 11.5 Å². The number of benzene rings is 1. The molecule has 0 spiro atoms. The van der Waals surface area contributed by atoms with Crippen LogP contribution in [0, 0.1) is 5.41 Å². The van der Waals surface area contributed by atoms with Crippen LogP contribution in [0.25, 0.3) is 0 Å². The van der Waals surface area contributed by atoms with Gasteiger partial charge in [-0.25, -0.2) is 0 Å². The standard InChI is InChI=1S/C16H27NO3/c1-16(2,3)9-13(11-18)17-10-12-6-7-14(19-4)8-15(12)20-5/h6-8,13,17-18H,9-11H2,1-5H3. The van der Waals surface area contributed by atoms with Gasteiger partial charge < -0.3 is 19.9 Å². The van der Waals surface area contributed by atoms with E-state index in [1.54, 1.807) is 14.2 Å². The van der Waals surface area contributed by atoms with Crippen molar-refractivity contribution in [2.45, 2.75) is 39.8 Å². The number of aliphatic hydroxyl groups is 1. The third-order valence-corrected chi connectivity index (χ3v) is 3.15. The SMILES string of the molecule is COc1ccc(CNC(CO)CC(C)(C)C)c(OC)c1. The van der Waals surface area contributed by atoms with Crippen molar-refractivity contribution in [1.29, 1.82) is 0 Å². The number of methoxy groups -OCH3 is 2. The molecule has 4 nitrogen and oxygen atoms in total. The number of aliphatic hydroxyl groups excluding tert-OH is 1. The van der Waals surface area contributed by atoms with E-state index in [9.17, 15) is 5.11 Å². The third kappa shape index (κ3) is 5.39. The van der Waals surface area contributed by atoms with Gasteiger partial charge in [0.1, 0.15) is 11.5 Å². The molecule has 0 aliphatic rings. The second-order valence-electron chi connectivity index (χ2n) is 6.20. The van der Waals surface area contributed by atoms with Crippen molar-refractivity contribution in [3.05, 3.63) is 23.8 Å². The van der Waals surface area contributed by atoms with Crippen LogP contribution in [-0.4, -0.2) is 32.0 Å². The van der Waals surface area contributed by atoms with Gasteiger partial charge in [-0.05, 0) is 17.9 Å². The predicted octanol–water partition coefficient (Wildman–Crippen LogP) is 2.59. The lowest BCUT2D eigenvalue weighted by Gasteiger charge is -2.25. The quantitative estimate of drug-likeness (QED) is 0.806. The molecular formula is C16H27NO3.